The lowest BCUT2D eigenvalue weighted by Gasteiger charge is -2.11. The van der Waals surface area contributed by atoms with E-state index in [9.17, 15) is 4.79 Å². The highest BCUT2D eigenvalue weighted by atomic mass is 16.6. The Hall–Kier alpha value is -1.43. The SMILES string of the molecule is COCCCOCCOC(=O)[C@@H](N)c1ccccc1. The molecule has 0 fully saturated rings. The molecule has 1 aromatic rings. The Morgan fingerprint density at radius 2 is 1.89 bits per heavy atom. The summed E-state index contributed by atoms with van der Waals surface area (Å²) in [4.78, 5) is 11.7. The van der Waals surface area contributed by atoms with Crippen molar-refractivity contribution in [1.82, 2.24) is 0 Å². The molecular formula is C14H21NO4. The van der Waals surface area contributed by atoms with Crippen molar-refractivity contribution in [3.8, 4) is 0 Å². The van der Waals surface area contributed by atoms with Crippen LogP contribution in [0.2, 0.25) is 0 Å². The van der Waals surface area contributed by atoms with E-state index in [-0.39, 0.29) is 6.61 Å². The van der Waals surface area contributed by atoms with Gasteiger partial charge in [0.1, 0.15) is 12.6 Å². The van der Waals surface area contributed by atoms with Crippen LogP contribution in [0.1, 0.15) is 18.0 Å². The molecule has 0 amide bonds. The Kier molecular flexibility index (Phi) is 7.81. The molecule has 0 heterocycles. The first-order chi connectivity index (χ1) is 9.25. The Morgan fingerprint density at radius 3 is 2.58 bits per heavy atom. The molecule has 19 heavy (non-hydrogen) atoms. The largest absolute Gasteiger partial charge is 0.462 e. The Morgan fingerprint density at radius 1 is 1.16 bits per heavy atom. The molecule has 0 aliphatic rings. The first-order valence-electron chi connectivity index (χ1n) is 6.29. The number of ether oxygens (including phenoxy) is 3. The summed E-state index contributed by atoms with van der Waals surface area (Å²) >= 11 is 0. The van der Waals surface area contributed by atoms with Crippen LogP contribution >= 0.6 is 0 Å². The molecule has 1 atom stereocenters. The minimum Gasteiger partial charge on any atom is -0.462 e. The van der Waals surface area contributed by atoms with Crippen molar-refractivity contribution >= 4 is 5.97 Å². The van der Waals surface area contributed by atoms with E-state index in [4.69, 9.17) is 19.9 Å². The zero-order valence-electron chi connectivity index (χ0n) is 11.2. The van der Waals surface area contributed by atoms with Gasteiger partial charge in [0.2, 0.25) is 0 Å². The Bertz CT molecular complexity index is 356. The summed E-state index contributed by atoms with van der Waals surface area (Å²) in [5.74, 6) is -0.438. The summed E-state index contributed by atoms with van der Waals surface area (Å²) in [5.41, 5.74) is 6.53. The van der Waals surface area contributed by atoms with Gasteiger partial charge in [0.15, 0.2) is 0 Å². The maximum atomic E-state index is 11.7. The molecule has 0 bridgehead atoms. The van der Waals surface area contributed by atoms with Crippen molar-refractivity contribution < 1.29 is 19.0 Å². The lowest BCUT2D eigenvalue weighted by Crippen LogP contribution is -2.25. The van der Waals surface area contributed by atoms with Crippen molar-refractivity contribution in [3.63, 3.8) is 0 Å². The number of methoxy groups -OCH3 is 1. The Balaban J connectivity index is 2.14. The first kappa shape index (κ1) is 15.6. The molecule has 0 aliphatic heterocycles. The van der Waals surface area contributed by atoms with Crippen molar-refractivity contribution in [2.75, 3.05) is 33.5 Å². The van der Waals surface area contributed by atoms with Crippen molar-refractivity contribution in [2.45, 2.75) is 12.5 Å². The van der Waals surface area contributed by atoms with Crippen molar-refractivity contribution in [1.29, 1.82) is 0 Å². The highest BCUT2D eigenvalue weighted by molar-refractivity contribution is 5.77. The summed E-state index contributed by atoms with van der Waals surface area (Å²) < 4.78 is 15.2. The van der Waals surface area contributed by atoms with Crippen LogP contribution in [0.4, 0.5) is 0 Å². The molecule has 0 radical (unpaired) electrons. The van der Waals surface area contributed by atoms with Crippen LogP contribution in [0.3, 0.4) is 0 Å². The van der Waals surface area contributed by atoms with Gasteiger partial charge in [-0.3, -0.25) is 0 Å². The summed E-state index contributed by atoms with van der Waals surface area (Å²) in [5, 5.41) is 0. The van der Waals surface area contributed by atoms with Gasteiger partial charge in [-0.05, 0) is 12.0 Å². The van der Waals surface area contributed by atoms with Gasteiger partial charge in [0.25, 0.3) is 0 Å². The maximum absolute atomic E-state index is 11.7. The second-order valence-corrected chi connectivity index (χ2v) is 4.01. The van der Waals surface area contributed by atoms with Crippen molar-refractivity contribution in [2.24, 2.45) is 5.73 Å². The van der Waals surface area contributed by atoms with Crippen molar-refractivity contribution in [3.05, 3.63) is 35.9 Å². The third kappa shape index (κ3) is 6.33. The number of benzene rings is 1. The molecule has 1 rings (SSSR count). The molecule has 106 valence electrons. The molecule has 0 unspecified atom stereocenters. The van der Waals surface area contributed by atoms with E-state index in [1.807, 2.05) is 18.2 Å². The quantitative estimate of drug-likeness (QED) is 0.539. The van der Waals surface area contributed by atoms with E-state index in [0.717, 1.165) is 12.0 Å². The van der Waals surface area contributed by atoms with Gasteiger partial charge >= 0.3 is 5.97 Å². The zero-order chi connectivity index (χ0) is 13.9. The zero-order valence-corrected chi connectivity index (χ0v) is 11.2. The summed E-state index contributed by atoms with van der Waals surface area (Å²) in [6, 6.07) is 8.40. The average Bonchev–Trinajstić information content (AvgIpc) is 2.46. The minimum atomic E-state index is -0.741. The van der Waals surface area contributed by atoms with Crippen LogP contribution in [0.5, 0.6) is 0 Å². The number of esters is 1. The topological polar surface area (TPSA) is 70.8 Å². The fraction of sp³-hybridized carbons (Fsp3) is 0.500. The molecular weight excluding hydrogens is 246 g/mol. The van der Waals surface area contributed by atoms with Crippen LogP contribution < -0.4 is 5.73 Å². The van der Waals surface area contributed by atoms with Crippen LogP contribution in [-0.2, 0) is 19.0 Å². The molecule has 0 saturated heterocycles. The molecule has 0 saturated carbocycles. The standard InChI is InChI=1S/C14H21NO4/c1-17-8-5-9-18-10-11-19-14(16)13(15)12-6-3-2-4-7-12/h2-4,6-7,13H,5,8-11,15H2,1H3/t13-/m0/s1. The van der Waals surface area contributed by atoms with E-state index in [2.05, 4.69) is 0 Å². The van der Waals surface area contributed by atoms with Gasteiger partial charge in [-0.2, -0.15) is 0 Å². The van der Waals surface area contributed by atoms with Gasteiger partial charge in [0.05, 0.1) is 6.61 Å². The minimum absolute atomic E-state index is 0.215. The van der Waals surface area contributed by atoms with Gasteiger partial charge in [-0.15, -0.1) is 0 Å². The summed E-state index contributed by atoms with van der Waals surface area (Å²) in [6.07, 6.45) is 0.827. The third-order valence-electron chi connectivity index (χ3n) is 2.52. The highest BCUT2D eigenvalue weighted by Gasteiger charge is 2.16. The number of hydrogen-bond donors (Lipinski definition) is 1. The predicted molar refractivity (Wildman–Crippen MR) is 71.6 cm³/mol. The fourth-order valence-electron chi connectivity index (χ4n) is 1.49. The number of carbonyl (C=O) groups excluding carboxylic acids is 1. The van der Waals surface area contributed by atoms with Crippen LogP contribution in [0.25, 0.3) is 0 Å². The smallest absolute Gasteiger partial charge is 0.327 e. The number of hydrogen-bond acceptors (Lipinski definition) is 5. The molecule has 5 heteroatoms. The van der Waals surface area contributed by atoms with E-state index in [1.165, 1.54) is 0 Å². The summed E-state index contributed by atoms with van der Waals surface area (Å²) in [6.45, 7) is 1.85. The Labute approximate surface area is 113 Å². The second kappa shape index (κ2) is 9.49. The average molecular weight is 267 g/mol. The first-order valence-corrected chi connectivity index (χ1v) is 6.29. The molecule has 0 aliphatic carbocycles. The molecule has 5 nitrogen and oxygen atoms in total. The van der Waals surface area contributed by atoms with Crippen LogP contribution in [-0.4, -0.2) is 39.5 Å². The van der Waals surface area contributed by atoms with E-state index in [0.29, 0.717) is 19.8 Å². The second-order valence-electron chi connectivity index (χ2n) is 4.01. The highest BCUT2D eigenvalue weighted by Crippen LogP contribution is 2.10. The third-order valence-corrected chi connectivity index (χ3v) is 2.52. The predicted octanol–water partition coefficient (Wildman–Crippen LogP) is 1.28. The fourth-order valence-corrected chi connectivity index (χ4v) is 1.49. The van der Waals surface area contributed by atoms with Gasteiger partial charge in [-0.1, -0.05) is 30.3 Å². The lowest BCUT2D eigenvalue weighted by molar-refractivity contribution is -0.147. The van der Waals surface area contributed by atoms with E-state index in [1.54, 1.807) is 19.2 Å². The van der Waals surface area contributed by atoms with E-state index < -0.39 is 12.0 Å². The normalized spacial score (nSPS) is 12.1. The number of rotatable bonds is 9. The summed E-state index contributed by atoms with van der Waals surface area (Å²) in [7, 11) is 1.65. The monoisotopic (exact) mass is 267 g/mol. The molecule has 0 aromatic heterocycles. The van der Waals surface area contributed by atoms with Gasteiger partial charge in [0, 0.05) is 20.3 Å². The molecule has 2 N–H and O–H groups in total. The number of carbonyl (C=O) groups is 1. The maximum Gasteiger partial charge on any atom is 0.327 e. The molecule has 1 aromatic carbocycles. The molecule has 0 spiro atoms. The van der Waals surface area contributed by atoms with Crippen LogP contribution in [0.15, 0.2) is 30.3 Å². The lowest BCUT2D eigenvalue weighted by atomic mass is 10.1. The van der Waals surface area contributed by atoms with Gasteiger partial charge < -0.3 is 19.9 Å². The number of nitrogens with two attached hydrogens (primary N) is 1. The van der Waals surface area contributed by atoms with E-state index >= 15 is 0 Å². The van der Waals surface area contributed by atoms with Crippen LogP contribution in [0, 0.1) is 0 Å². The van der Waals surface area contributed by atoms with Gasteiger partial charge in [-0.25, -0.2) is 4.79 Å².